The molecule has 5 heteroatoms. The van der Waals surface area contributed by atoms with Crippen LogP contribution in [-0.2, 0) is 22.9 Å². The Morgan fingerprint density at radius 3 is 2.19 bits per heavy atom. The van der Waals surface area contributed by atoms with Crippen LogP contribution in [0.1, 0.15) is 30.5 Å². The van der Waals surface area contributed by atoms with E-state index >= 15 is 0 Å². The van der Waals surface area contributed by atoms with Gasteiger partial charge < -0.3 is 0 Å². The summed E-state index contributed by atoms with van der Waals surface area (Å²) in [6.07, 6.45) is 1.17. The highest BCUT2D eigenvalue weighted by molar-refractivity contribution is 7.89. The monoisotopic (exact) mass is 238 g/mol. The molecule has 2 N–H and O–H groups in total. The van der Waals surface area contributed by atoms with Gasteiger partial charge in [-0.3, -0.25) is 0 Å². The fourth-order valence-electron chi connectivity index (χ4n) is 1.83. The van der Waals surface area contributed by atoms with Gasteiger partial charge in [-0.1, -0.05) is 13.8 Å². The lowest BCUT2D eigenvalue weighted by Gasteiger charge is -2.12. The standard InChI is InChI=1S/C11H14N2O2S/c1-3-9-8(7-12)5-6-11(10(9)4-2)16(13,14)15/h5-6H,3-4H2,1-2H3,(H2,13,14,15). The molecule has 16 heavy (non-hydrogen) atoms. The summed E-state index contributed by atoms with van der Waals surface area (Å²) in [5.74, 6) is 0. The third-order valence-electron chi connectivity index (χ3n) is 2.52. The number of hydrogen-bond acceptors (Lipinski definition) is 3. The van der Waals surface area contributed by atoms with E-state index in [1.165, 1.54) is 12.1 Å². The number of sulfonamides is 1. The first-order chi connectivity index (χ1) is 7.45. The average molecular weight is 238 g/mol. The van der Waals surface area contributed by atoms with Crippen molar-refractivity contribution in [1.82, 2.24) is 0 Å². The molecule has 0 unspecified atom stereocenters. The first-order valence-corrected chi connectivity index (χ1v) is 6.58. The molecule has 4 nitrogen and oxygen atoms in total. The van der Waals surface area contributed by atoms with Gasteiger partial charge in [0.1, 0.15) is 0 Å². The summed E-state index contributed by atoms with van der Waals surface area (Å²) < 4.78 is 22.8. The lowest BCUT2D eigenvalue weighted by atomic mass is 9.98. The van der Waals surface area contributed by atoms with Gasteiger partial charge in [-0.2, -0.15) is 5.26 Å². The minimum Gasteiger partial charge on any atom is -0.225 e. The van der Waals surface area contributed by atoms with Crippen LogP contribution in [0.15, 0.2) is 17.0 Å². The second-order valence-electron chi connectivity index (χ2n) is 3.43. The van der Waals surface area contributed by atoms with Gasteiger partial charge in [0.15, 0.2) is 0 Å². The van der Waals surface area contributed by atoms with Crippen molar-refractivity contribution in [2.24, 2.45) is 5.14 Å². The van der Waals surface area contributed by atoms with Gasteiger partial charge in [-0.15, -0.1) is 0 Å². The molecule has 0 amide bonds. The van der Waals surface area contributed by atoms with Crippen LogP contribution in [-0.4, -0.2) is 8.42 Å². The van der Waals surface area contributed by atoms with Crippen molar-refractivity contribution in [3.05, 3.63) is 28.8 Å². The second kappa shape index (κ2) is 4.64. The molecule has 0 spiro atoms. The highest BCUT2D eigenvalue weighted by Crippen LogP contribution is 2.23. The van der Waals surface area contributed by atoms with Gasteiger partial charge in [-0.25, -0.2) is 13.6 Å². The van der Waals surface area contributed by atoms with Gasteiger partial charge in [0.05, 0.1) is 16.5 Å². The quantitative estimate of drug-likeness (QED) is 0.862. The van der Waals surface area contributed by atoms with Gasteiger partial charge in [0.2, 0.25) is 10.0 Å². The van der Waals surface area contributed by atoms with E-state index in [0.717, 1.165) is 5.56 Å². The van der Waals surface area contributed by atoms with Crippen molar-refractivity contribution in [2.75, 3.05) is 0 Å². The van der Waals surface area contributed by atoms with Crippen LogP contribution in [0.2, 0.25) is 0 Å². The van der Waals surface area contributed by atoms with E-state index in [9.17, 15) is 8.42 Å². The average Bonchev–Trinajstić information content (AvgIpc) is 2.25. The highest BCUT2D eigenvalue weighted by atomic mass is 32.2. The molecule has 0 fully saturated rings. The number of primary sulfonamides is 1. The molecule has 1 rings (SSSR count). The topological polar surface area (TPSA) is 83.9 Å². The van der Waals surface area contributed by atoms with Crippen LogP contribution in [0.25, 0.3) is 0 Å². The molecule has 0 saturated heterocycles. The minimum absolute atomic E-state index is 0.130. The van der Waals surface area contributed by atoms with Crippen molar-refractivity contribution < 1.29 is 8.42 Å². The lowest BCUT2D eigenvalue weighted by molar-refractivity contribution is 0.596. The van der Waals surface area contributed by atoms with Gasteiger partial charge in [-0.05, 0) is 36.1 Å². The van der Waals surface area contributed by atoms with Crippen LogP contribution in [0.3, 0.4) is 0 Å². The van der Waals surface area contributed by atoms with Crippen LogP contribution < -0.4 is 5.14 Å². The third kappa shape index (κ3) is 2.23. The first-order valence-electron chi connectivity index (χ1n) is 5.03. The number of hydrogen-bond donors (Lipinski definition) is 1. The Morgan fingerprint density at radius 2 is 1.81 bits per heavy atom. The Morgan fingerprint density at radius 1 is 1.25 bits per heavy atom. The summed E-state index contributed by atoms with van der Waals surface area (Å²) in [6, 6.07) is 4.98. The maximum atomic E-state index is 11.4. The predicted molar refractivity (Wildman–Crippen MR) is 61.3 cm³/mol. The minimum atomic E-state index is -3.71. The van der Waals surface area contributed by atoms with E-state index in [4.69, 9.17) is 10.4 Å². The summed E-state index contributed by atoms with van der Waals surface area (Å²) in [6.45, 7) is 3.74. The maximum Gasteiger partial charge on any atom is 0.238 e. The molecule has 0 radical (unpaired) electrons. The molecule has 1 aromatic carbocycles. The van der Waals surface area contributed by atoms with E-state index in [0.29, 0.717) is 24.0 Å². The Bertz CT molecular complexity index is 542. The zero-order valence-corrected chi connectivity index (χ0v) is 10.1. The Labute approximate surface area is 95.7 Å². The molecule has 1 aromatic rings. The summed E-state index contributed by atoms with van der Waals surface area (Å²) >= 11 is 0. The molecule has 0 bridgehead atoms. The molecule has 0 aliphatic carbocycles. The SMILES string of the molecule is CCc1c(C#N)ccc(S(N)(=O)=O)c1CC. The molecule has 0 aliphatic rings. The molecule has 0 aromatic heterocycles. The molecule has 0 saturated carbocycles. The van der Waals surface area contributed by atoms with Crippen molar-refractivity contribution in [3.63, 3.8) is 0 Å². The fraction of sp³-hybridized carbons (Fsp3) is 0.364. The largest absolute Gasteiger partial charge is 0.238 e. The van der Waals surface area contributed by atoms with Crippen molar-refractivity contribution in [2.45, 2.75) is 31.6 Å². The fourth-order valence-corrected chi connectivity index (χ4v) is 2.70. The number of nitrogens with zero attached hydrogens (tertiary/aromatic N) is 1. The Balaban J connectivity index is 3.64. The molecule has 0 atom stereocenters. The van der Waals surface area contributed by atoms with Gasteiger partial charge in [0.25, 0.3) is 0 Å². The third-order valence-corrected chi connectivity index (χ3v) is 3.52. The zero-order valence-electron chi connectivity index (χ0n) is 9.32. The summed E-state index contributed by atoms with van der Waals surface area (Å²) in [4.78, 5) is 0.130. The number of nitrogens with two attached hydrogens (primary N) is 1. The smallest absolute Gasteiger partial charge is 0.225 e. The summed E-state index contributed by atoms with van der Waals surface area (Å²) in [7, 11) is -3.71. The zero-order chi connectivity index (χ0) is 12.3. The van der Waals surface area contributed by atoms with Crippen LogP contribution in [0, 0.1) is 11.3 Å². The number of benzene rings is 1. The molecule has 0 aliphatic heterocycles. The van der Waals surface area contributed by atoms with Gasteiger partial charge in [0, 0.05) is 0 Å². The van der Waals surface area contributed by atoms with E-state index in [1.54, 1.807) is 0 Å². The maximum absolute atomic E-state index is 11.4. The van der Waals surface area contributed by atoms with E-state index in [1.807, 2.05) is 13.8 Å². The van der Waals surface area contributed by atoms with E-state index in [2.05, 4.69) is 6.07 Å². The van der Waals surface area contributed by atoms with Crippen molar-refractivity contribution in [1.29, 1.82) is 5.26 Å². The summed E-state index contributed by atoms with van der Waals surface area (Å²) in [5.41, 5.74) is 1.95. The predicted octanol–water partition coefficient (Wildman–Crippen LogP) is 1.33. The second-order valence-corrected chi connectivity index (χ2v) is 4.96. The van der Waals surface area contributed by atoms with Crippen LogP contribution >= 0.6 is 0 Å². The lowest BCUT2D eigenvalue weighted by Crippen LogP contribution is -2.16. The summed E-state index contributed by atoms with van der Waals surface area (Å²) in [5, 5.41) is 14.1. The molecule has 86 valence electrons. The van der Waals surface area contributed by atoms with Crippen molar-refractivity contribution in [3.8, 4) is 6.07 Å². The highest BCUT2D eigenvalue weighted by Gasteiger charge is 2.17. The Hall–Kier alpha value is -1.38. The molecular formula is C11H14N2O2S. The first kappa shape index (κ1) is 12.7. The van der Waals surface area contributed by atoms with Crippen LogP contribution in [0.4, 0.5) is 0 Å². The number of nitriles is 1. The van der Waals surface area contributed by atoms with E-state index < -0.39 is 10.0 Å². The molecular weight excluding hydrogens is 224 g/mol. The van der Waals surface area contributed by atoms with Gasteiger partial charge >= 0.3 is 0 Å². The van der Waals surface area contributed by atoms with Crippen molar-refractivity contribution >= 4 is 10.0 Å². The van der Waals surface area contributed by atoms with Crippen LogP contribution in [0.5, 0.6) is 0 Å². The number of rotatable bonds is 3. The Kier molecular flexibility index (Phi) is 3.68. The van der Waals surface area contributed by atoms with E-state index in [-0.39, 0.29) is 4.90 Å². The normalized spacial score (nSPS) is 11.1. The molecule has 0 heterocycles.